The van der Waals surface area contributed by atoms with Gasteiger partial charge in [0.15, 0.2) is 6.61 Å². The summed E-state index contributed by atoms with van der Waals surface area (Å²) in [6, 6.07) is 18.2. The summed E-state index contributed by atoms with van der Waals surface area (Å²) in [6.07, 6.45) is 2.65. The number of hydrogen-bond acceptors (Lipinski definition) is 5. The van der Waals surface area contributed by atoms with Gasteiger partial charge in [0.25, 0.3) is 5.91 Å². The zero-order valence-corrected chi connectivity index (χ0v) is 17.3. The molecule has 0 unspecified atom stereocenters. The van der Waals surface area contributed by atoms with Crippen molar-refractivity contribution < 1.29 is 19.1 Å². The minimum atomic E-state index is -0.595. The molecule has 7 heteroatoms. The summed E-state index contributed by atoms with van der Waals surface area (Å²) >= 11 is 0. The monoisotopic (exact) mass is 419 g/mol. The van der Waals surface area contributed by atoms with Crippen LogP contribution in [0.3, 0.4) is 0 Å². The molecular formula is C24H25N3O4. The number of nitriles is 1. The Bertz CT molecular complexity index is 943. The van der Waals surface area contributed by atoms with E-state index in [0.717, 1.165) is 19.3 Å². The number of benzene rings is 2. The summed E-state index contributed by atoms with van der Waals surface area (Å²) in [5.41, 5.74) is 2.08. The standard InChI is InChI=1S/C24H25N3O4/c25-13-10-22(28)26-21-8-6-20(7-9-21)24(30)31-17-23(29)27-14-11-19(12-15-27)16-18-4-2-1-3-5-18/h1-9,19H,10-12,14-17H2,(H,26,28). The first-order valence-corrected chi connectivity index (χ1v) is 10.3. The van der Waals surface area contributed by atoms with Crippen molar-refractivity contribution >= 4 is 23.5 Å². The van der Waals surface area contributed by atoms with Crippen LogP contribution in [-0.2, 0) is 20.7 Å². The maximum absolute atomic E-state index is 12.4. The molecule has 7 nitrogen and oxygen atoms in total. The number of piperidine rings is 1. The van der Waals surface area contributed by atoms with E-state index in [1.165, 1.54) is 17.7 Å². The Morgan fingerprint density at radius 3 is 2.35 bits per heavy atom. The third-order valence-corrected chi connectivity index (χ3v) is 5.31. The van der Waals surface area contributed by atoms with Gasteiger partial charge in [-0.2, -0.15) is 5.26 Å². The molecule has 1 saturated heterocycles. The Balaban J connectivity index is 1.41. The zero-order valence-electron chi connectivity index (χ0n) is 17.3. The van der Waals surface area contributed by atoms with Crippen LogP contribution in [0.1, 0.15) is 35.2 Å². The fourth-order valence-corrected chi connectivity index (χ4v) is 3.60. The lowest BCUT2D eigenvalue weighted by Gasteiger charge is -2.32. The van der Waals surface area contributed by atoms with E-state index in [9.17, 15) is 14.4 Å². The summed E-state index contributed by atoms with van der Waals surface area (Å²) in [5, 5.41) is 11.0. The SMILES string of the molecule is N#CCC(=O)Nc1ccc(C(=O)OCC(=O)N2CCC(Cc3ccccc3)CC2)cc1. The second-order valence-corrected chi connectivity index (χ2v) is 7.55. The van der Waals surface area contributed by atoms with Crippen LogP contribution < -0.4 is 5.32 Å². The predicted octanol–water partition coefficient (Wildman–Crippen LogP) is 3.18. The molecule has 1 N–H and O–H groups in total. The second-order valence-electron chi connectivity index (χ2n) is 7.55. The molecule has 3 rings (SSSR count). The second kappa shape index (κ2) is 10.9. The molecular weight excluding hydrogens is 394 g/mol. The van der Waals surface area contributed by atoms with E-state index in [4.69, 9.17) is 10.00 Å². The smallest absolute Gasteiger partial charge is 0.338 e. The number of rotatable bonds is 7. The van der Waals surface area contributed by atoms with Crippen molar-refractivity contribution in [2.45, 2.75) is 25.7 Å². The number of carbonyl (C=O) groups is 3. The number of ether oxygens (including phenoxy) is 1. The lowest BCUT2D eigenvalue weighted by molar-refractivity contribution is -0.135. The maximum Gasteiger partial charge on any atom is 0.338 e. The highest BCUT2D eigenvalue weighted by Crippen LogP contribution is 2.21. The van der Waals surface area contributed by atoms with Gasteiger partial charge in [-0.05, 0) is 55.0 Å². The van der Waals surface area contributed by atoms with Crippen molar-refractivity contribution in [1.82, 2.24) is 4.90 Å². The van der Waals surface area contributed by atoms with Crippen LogP contribution in [-0.4, -0.2) is 42.4 Å². The van der Waals surface area contributed by atoms with E-state index in [-0.39, 0.29) is 24.5 Å². The van der Waals surface area contributed by atoms with E-state index in [2.05, 4.69) is 17.4 Å². The topological polar surface area (TPSA) is 99.5 Å². The number of esters is 1. The van der Waals surface area contributed by atoms with Crippen LogP contribution in [0.25, 0.3) is 0 Å². The number of hydrogen-bond donors (Lipinski definition) is 1. The van der Waals surface area contributed by atoms with E-state index in [0.29, 0.717) is 24.7 Å². The molecule has 2 amide bonds. The first kappa shape index (κ1) is 22.0. The molecule has 1 aliphatic heterocycles. The van der Waals surface area contributed by atoms with E-state index < -0.39 is 11.9 Å². The van der Waals surface area contributed by atoms with Gasteiger partial charge < -0.3 is 15.0 Å². The number of nitrogens with one attached hydrogen (secondary N) is 1. The Morgan fingerprint density at radius 2 is 1.71 bits per heavy atom. The highest BCUT2D eigenvalue weighted by Gasteiger charge is 2.23. The summed E-state index contributed by atoms with van der Waals surface area (Å²) in [6.45, 7) is 1.05. The Morgan fingerprint density at radius 1 is 1.03 bits per heavy atom. The molecule has 0 saturated carbocycles. The van der Waals surface area contributed by atoms with E-state index in [1.54, 1.807) is 23.1 Å². The number of nitrogens with zero attached hydrogens (tertiary/aromatic N) is 2. The molecule has 0 bridgehead atoms. The van der Waals surface area contributed by atoms with Gasteiger partial charge in [-0.3, -0.25) is 9.59 Å². The normalized spacial score (nSPS) is 13.8. The summed E-state index contributed by atoms with van der Waals surface area (Å²) in [4.78, 5) is 37.8. The molecule has 2 aromatic carbocycles. The van der Waals surface area contributed by atoms with Gasteiger partial charge in [-0.15, -0.1) is 0 Å². The van der Waals surface area contributed by atoms with Crippen LogP contribution >= 0.6 is 0 Å². The molecule has 2 aromatic rings. The van der Waals surface area contributed by atoms with Gasteiger partial charge in [0.2, 0.25) is 5.91 Å². The lowest BCUT2D eigenvalue weighted by Crippen LogP contribution is -2.41. The van der Waals surface area contributed by atoms with Gasteiger partial charge >= 0.3 is 5.97 Å². The van der Waals surface area contributed by atoms with Crippen LogP contribution in [0.2, 0.25) is 0 Å². The largest absolute Gasteiger partial charge is 0.452 e. The maximum atomic E-state index is 12.4. The molecule has 160 valence electrons. The van der Waals surface area contributed by atoms with Crippen molar-refractivity contribution in [2.75, 3.05) is 25.0 Å². The number of anilines is 1. The molecule has 1 heterocycles. The number of amides is 2. The molecule has 0 atom stereocenters. The van der Waals surface area contributed by atoms with Crippen LogP contribution in [0.15, 0.2) is 54.6 Å². The van der Waals surface area contributed by atoms with Gasteiger partial charge in [-0.1, -0.05) is 30.3 Å². The minimum absolute atomic E-state index is 0.188. The van der Waals surface area contributed by atoms with Crippen LogP contribution in [0.4, 0.5) is 5.69 Å². The first-order chi connectivity index (χ1) is 15.0. The summed E-state index contributed by atoms with van der Waals surface area (Å²) in [5.74, 6) is -0.647. The first-order valence-electron chi connectivity index (χ1n) is 10.3. The third-order valence-electron chi connectivity index (χ3n) is 5.31. The van der Waals surface area contributed by atoms with Gasteiger partial charge in [0.05, 0.1) is 11.6 Å². The minimum Gasteiger partial charge on any atom is -0.452 e. The van der Waals surface area contributed by atoms with Crippen LogP contribution in [0, 0.1) is 17.2 Å². The van der Waals surface area contributed by atoms with E-state index >= 15 is 0 Å². The Kier molecular flexibility index (Phi) is 7.77. The highest BCUT2D eigenvalue weighted by molar-refractivity contribution is 5.94. The van der Waals surface area contributed by atoms with Crippen molar-refractivity contribution in [1.29, 1.82) is 5.26 Å². The molecule has 0 aliphatic carbocycles. The molecule has 0 aromatic heterocycles. The lowest BCUT2D eigenvalue weighted by atomic mass is 9.90. The van der Waals surface area contributed by atoms with Crippen molar-refractivity contribution in [3.63, 3.8) is 0 Å². The quantitative estimate of drug-likeness (QED) is 0.695. The highest BCUT2D eigenvalue weighted by atomic mass is 16.5. The van der Waals surface area contributed by atoms with Crippen molar-refractivity contribution in [3.8, 4) is 6.07 Å². The molecule has 1 fully saturated rings. The van der Waals surface area contributed by atoms with E-state index in [1.807, 2.05) is 18.2 Å². The number of carbonyl (C=O) groups excluding carboxylic acids is 3. The molecule has 0 spiro atoms. The number of likely N-dealkylation sites (tertiary alicyclic amines) is 1. The van der Waals surface area contributed by atoms with Crippen LogP contribution in [0.5, 0.6) is 0 Å². The van der Waals surface area contributed by atoms with Gasteiger partial charge in [0.1, 0.15) is 6.42 Å². The summed E-state index contributed by atoms with van der Waals surface area (Å²) < 4.78 is 5.16. The Hall–Kier alpha value is -3.66. The molecule has 1 aliphatic rings. The third kappa shape index (κ3) is 6.68. The predicted molar refractivity (Wildman–Crippen MR) is 115 cm³/mol. The summed E-state index contributed by atoms with van der Waals surface area (Å²) in [7, 11) is 0. The van der Waals surface area contributed by atoms with Gasteiger partial charge in [0, 0.05) is 18.8 Å². The average molecular weight is 419 g/mol. The average Bonchev–Trinajstić information content (AvgIpc) is 2.79. The fraction of sp³-hybridized carbons (Fsp3) is 0.333. The van der Waals surface area contributed by atoms with Crippen molar-refractivity contribution in [3.05, 3.63) is 65.7 Å². The fourth-order valence-electron chi connectivity index (χ4n) is 3.60. The van der Waals surface area contributed by atoms with Gasteiger partial charge in [-0.25, -0.2) is 4.79 Å². The Labute approximate surface area is 181 Å². The zero-order chi connectivity index (χ0) is 22.1. The molecule has 0 radical (unpaired) electrons. The van der Waals surface area contributed by atoms with Crippen molar-refractivity contribution in [2.24, 2.45) is 5.92 Å². The molecule has 31 heavy (non-hydrogen) atoms.